The van der Waals surface area contributed by atoms with Gasteiger partial charge in [0.25, 0.3) is 0 Å². The van der Waals surface area contributed by atoms with Crippen LogP contribution in [0.4, 0.5) is 0 Å². The van der Waals surface area contributed by atoms with E-state index >= 15 is 0 Å². The molecule has 0 saturated carbocycles. The molecule has 0 saturated heterocycles. The van der Waals surface area contributed by atoms with Gasteiger partial charge in [-0.3, -0.25) is 0 Å². The second-order valence-electron chi connectivity index (χ2n) is 7.60. The van der Waals surface area contributed by atoms with E-state index in [-0.39, 0.29) is 25.8 Å². The van der Waals surface area contributed by atoms with Gasteiger partial charge in [-0.1, -0.05) is 60.2 Å². The number of aryl methyl sites for hydroxylation is 1. The summed E-state index contributed by atoms with van der Waals surface area (Å²) in [6, 6.07) is 49.8. The van der Waals surface area contributed by atoms with Crippen LogP contribution >= 0.6 is 0 Å². The summed E-state index contributed by atoms with van der Waals surface area (Å²) in [5.74, 6) is 0. The zero-order valence-electron chi connectivity index (χ0n) is 21.3. The van der Waals surface area contributed by atoms with Crippen molar-refractivity contribution in [3.8, 4) is 0 Å². The predicted octanol–water partition coefficient (Wildman–Crippen LogP) is 9.47. The van der Waals surface area contributed by atoms with Crippen molar-refractivity contribution in [3.05, 3.63) is 207 Å². The van der Waals surface area contributed by atoms with Gasteiger partial charge < -0.3 is 0 Å². The Morgan fingerprint density at radius 3 is 0.556 bits per heavy atom. The zero-order chi connectivity index (χ0) is 25.6. The van der Waals surface area contributed by atoms with Crippen LogP contribution in [-0.4, -0.2) is 0 Å². The average Bonchev–Trinajstić information content (AvgIpc) is 2.88. The Morgan fingerprint density at radius 1 is 0.306 bits per heavy atom. The van der Waals surface area contributed by atoms with Crippen LogP contribution in [0, 0.1) is 34.6 Å². The molecule has 0 N–H and O–H groups in total. The molecule has 5 rings (SSSR count). The van der Waals surface area contributed by atoms with Crippen molar-refractivity contribution < 1.29 is 25.8 Å². The van der Waals surface area contributed by atoms with Gasteiger partial charge in [0.15, 0.2) is 0 Å². The van der Waals surface area contributed by atoms with Crippen LogP contribution in [0.5, 0.6) is 0 Å². The van der Waals surface area contributed by atoms with E-state index in [0.29, 0.717) is 0 Å². The Hall–Kier alpha value is -3.55. The van der Waals surface area contributed by atoms with Gasteiger partial charge in [-0.2, -0.15) is 98.5 Å². The summed E-state index contributed by atoms with van der Waals surface area (Å²) in [4.78, 5) is 0. The molecule has 1 heteroatoms. The summed E-state index contributed by atoms with van der Waals surface area (Å²) in [6.07, 6.45) is 0. The van der Waals surface area contributed by atoms with E-state index in [1.807, 2.05) is 140 Å². The van der Waals surface area contributed by atoms with E-state index < -0.39 is 0 Å². The topological polar surface area (TPSA) is 0 Å². The van der Waals surface area contributed by atoms with Crippen molar-refractivity contribution in [3.63, 3.8) is 0 Å². The largest absolute Gasteiger partial charge is 4.00 e. The monoisotopic (exact) mass is 636 g/mol. The molecule has 0 unspecified atom stereocenters. The molecule has 0 atom stereocenters. The second-order valence-corrected chi connectivity index (χ2v) is 7.60. The molecule has 0 aromatic heterocycles. The fourth-order valence-electron chi connectivity index (χ4n) is 2.45. The van der Waals surface area contributed by atoms with Gasteiger partial charge >= 0.3 is 25.8 Å². The third-order valence-electron chi connectivity index (χ3n) is 4.31. The second kappa shape index (κ2) is 21.9. The molecule has 0 amide bonds. The van der Waals surface area contributed by atoms with E-state index in [2.05, 4.69) is 46.8 Å². The molecule has 0 fully saturated rings. The van der Waals surface area contributed by atoms with E-state index in [9.17, 15) is 0 Å². The Kier molecular flexibility index (Phi) is 19.8. The summed E-state index contributed by atoms with van der Waals surface area (Å²) in [6.45, 7) is 17.0. The first-order valence-electron chi connectivity index (χ1n) is 11.5. The maximum atomic E-state index is 3.72. The summed E-state index contributed by atoms with van der Waals surface area (Å²) in [5, 5.41) is 0. The predicted molar refractivity (Wildman–Crippen MR) is 155 cm³/mol. The number of hydrogen-bond acceptors (Lipinski definition) is 0. The first-order chi connectivity index (χ1) is 17.0. The maximum Gasteiger partial charge on any atom is 4.00 e. The zero-order valence-corrected chi connectivity index (χ0v) is 24.9. The molecule has 0 aliphatic rings. The summed E-state index contributed by atoms with van der Waals surface area (Å²) in [5.41, 5.74) is 5.61. The van der Waals surface area contributed by atoms with Gasteiger partial charge in [-0.05, 0) is 6.92 Å². The van der Waals surface area contributed by atoms with Crippen LogP contribution in [0.15, 0.2) is 152 Å². The van der Waals surface area contributed by atoms with Gasteiger partial charge in [0.2, 0.25) is 0 Å². The maximum absolute atomic E-state index is 3.72. The quantitative estimate of drug-likeness (QED) is 0.118. The third-order valence-corrected chi connectivity index (χ3v) is 4.31. The van der Waals surface area contributed by atoms with Crippen molar-refractivity contribution in [2.45, 2.75) is 6.92 Å². The van der Waals surface area contributed by atoms with Crippen molar-refractivity contribution in [1.82, 2.24) is 0 Å². The SMILES string of the molecule is Cc1ccccc1.[CH2-]c1ccccc1.[CH2-]c1ccccc1.[CH2-]c1ccccc1.[CH2-]c1ccccc1.[Hf+4]. The van der Waals surface area contributed by atoms with Crippen LogP contribution in [0.1, 0.15) is 27.8 Å². The van der Waals surface area contributed by atoms with Crippen molar-refractivity contribution in [2.75, 3.05) is 0 Å². The first kappa shape index (κ1) is 32.5. The number of rotatable bonds is 0. The van der Waals surface area contributed by atoms with Crippen LogP contribution in [0.2, 0.25) is 0 Å². The molecule has 0 radical (unpaired) electrons. The molecule has 0 heterocycles. The van der Waals surface area contributed by atoms with Gasteiger partial charge in [-0.25, -0.2) is 0 Å². The Balaban J connectivity index is 0.000000422. The molecular formula is C35H36Hf. The number of hydrogen-bond donors (Lipinski definition) is 0. The standard InChI is InChI=1S/C7H8.4C7H7.Hf/c5*1-7-5-3-2-4-6-7;/h2-6H,1H3;4*2-6H,1H2;/q;4*-1;+4. The van der Waals surface area contributed by atoms with Crippen LogP contribution in [0.3, 0.4) is 0 Å². The Morgan fingerprint density at radius 2 is 0.472 bits per heavy atom. The first-order valence-corrected chi connectivity index (χ1v) is 11.5. The van der Waals surface area contributed by atoms with Crippen molar-refractivity contribution in [1.29, 1.82) is 0 Å². The third kappa shape index (κ3) is 19.9. The normalized spacial score (nSPS) is 8.36. The van der Waals surface area contributed by atoms with Crippen molar-refractivity contribution >= 4 is 0 Å². The van der Waals surface area contributed by atoms with Crippen LogP contribution < -0.4 is 0 Å². The van der Waals surface area contributed by atoms with Gasteiger partial charge in [-0.15, -0.1) is 48.5 Å². The van der Waals surface area contributed by atoms with Crippen molar-refractivity contribution in [2.24, 2.45) is 0 Å². The summed E-state index contributed by atoms with van der Waals surface area (Å²) < 4.78 is 0. The number of benzene rings is 5. The van der Waals surface area contributed by atoms with Crippen LogP contribution in [0.25, 0.3) is 0 Å². The van der Waals surface area contributed by atoms with E-state index in [1.54, 1.807) is 0 Å². The molecule has 5 aromatic carbocycles. The van der Waals surface area contributed by atoms with Gasteiger partial charge in [0, 0.05) is 0 Å². The minimum absolute atomic E-state index is 0. The molecule has 0 bridgehead atoms. The van der Waals surface area contributed by atoms with E-state index in [0.717, 1.165) is 22.3 Å². The Bertz CT molecular complexity index is 874. The van der Waals surface area contributed by atoms with Gasteiger partial charge in [0.05, 0.1) is 0 Å². The molecule has 5 aromatic rings. The molecule has 0 aliphatic carbocycles. The fraction of sp³-hybridized carbons (Fsp3) is 0.0286. The van der Waals surface area contributed by atoms with E-state index in [4.69, 9.17) is 0 Å². The molecule has 0 nitrogen and oxygen atoms in total. The minimum atomic E-state index is 0. The molecule has 180 valence electrons. The molecular weight excluding hydrogens is 599 g/mol. The fourth-order valence-corrected chi connectivity index (χ4v) is 2.45. The molecule has 0 spiro atoms. The van der Waals surface area contributed by atoms with E-state index in [1.165, 1.54) is 5.56 Å². The summed E-state index contributed by atoms with van der Waals surface area (Å²) in [7, 11) is 0. The molecule has 36 heavy (non-hydrogen) atoms. The Labute approximate surface area is 238 Å². The average molecular weight is 635 g/mol. The van der Waals surface area contributed by atoms with Crippen LogP contribution in [-0.2, 0) is 25.8 Å². The summed E-state index contributed by atoms with van der Waals surface area (Å²) >= 11 is 0. The smallest absolute Gasteiger partial charge is 0.199 e. The molecule has 0 aliphatic heterocycles. The van der Waals surface area contributed by atoms with Gasteiger partial charge in [0.1, 0.15) is 0 Å². The minimum Gasteiger partial charge on any atom is -0.199 e.